The van der Waals surface area contributed by atoms with E-state index in [1.54, 1.807) is 108 Å². The van der Waals surface area contributed by atoms with E-state index in [0.29, 0.717) is 50.1 Å². The SMILES string of the molecule is CCOC(=O)c1cc(-c2ccc(OC)c3nc(C(F)(F)F)ccc23)oc1C(C)NS(=O)C(C)(C)C.CCOC(=O)c1cc(-c2ccc(OC)c3nc(C(F)(F)F)ccc23)oc1C=NS(=O)C(C)(C)C.COC(=O)c1cc(-c2ccc(OC)c3nc(C(F)(F)F)ccc23)oc1C=O.COc1ccc(-c2cc(C(=O)O)c(C(C)NS(=O)C(C)(C)C)o2)c2ccc(C(F)(F)F)nc12. The van der Waals surface area contributed by atoms with Crippen molar-refractivity contribution in [2.45, 2.75) is 141 Å². The van der Waals surface area contributed by atoms with Gasteiger partial charge in [0.05, 0.1) is 103 Å². The van der Waals surface area contributed by atoms with Crippen LogP contribution in [0.15, 0.2) is 143 Å². The summed E-state index contributed by atoms with van der Waals surface area (Å²) in [5, 5.41) is 10.9. The van der Waals surface area contributed by atoms with Gasteiger partial charge in [-0.25, -0.2) is 61.2 Å². The zero-order valence-corrected chi connectivity index (χ0v) is 74.4. The molecule has 12 rings (SSSR count). The molecule has 5 atom stereocenters. The molecule has 0 spiro atoms. The molecule has 0 aliphatic rings. The van der Waals surface area contributed by atoms with E-state index in [9.17, 15) is 94.4 Å². The highest BCUT2D eigenvalue weighted by Crippen LogP contribution is 2.45. The third-order valence-electron chi connectivity index (χ3n) is 18.4. The minimum Gasteiger partial charge on any atom is -0.494 e. The number of methoxy groups -OCH3 is 5. The summed E-state index contributed by atoms with van der Waals surface area (Å²) in [6.45, 7) is 22.8. The van der Waals surface area contributed by atoms with Crippen molar-refractivity contribution in [1.29, 1.82) is 0 Å². The molecule has 129 heavy (non-hydrogen) atoms. The Kier molecular flexibility index (Phi) is 31.2. The number of carboxylic acids is 1. The average molecular weight is 1870 g/mol. The van der Waals surface area contributed by atoms with Crippen molar-refractivity contribution >= 4 is 113 Å². The normalized spacial score (nSPS) is 13.4. The second kappa shape index (κ2) is 40.1. The Balaban J connectivity index is 0.000000195. The van der Waals surface area contributed by atoms with E-state index in [2.05, 4.69) is 38.5 Å². The topological polar surface area (TPSA) is 362 Å². The van der Waals surface area contributed by atoms with Gasteiger partial charge in [0.15, 0.2) is 17.8 Å². The molecule has 3 N–H and O–H groups in total. The minimum absolute atomic E-state index is 0.00419. The maximum Gasteiger partial charge on any atom is 0.433 e. The standard InChI is InChI=1S/C24H27F3N2O5S.C23H23F3N2O5S.C22H23F3N2O5S.C18H12F3NO5/c1-7-33-22(30)16-12-18(34-21(16)13(2)29-35(31)23(3,4)5)14-8-10-17(32-6)20-15(14)9-11-19(28-20)24(25,26)27;1-6-32-21(29)15-11-17(33-18(15)12-27-34(30)22(2,3)4)13-7-9-16(31-5)20-14(13)8-10-19(28-20)23(24,25)26;1-11(27-33(30)21(2,3)4)19-14(20(28)29)10-16(32-19)12-6-8-15(31-5)18-13(12)7-9-17(26-18)22(23,24)25;1-25-12-5-3-9(10-4-6-15(18(19,20)21)22-16(10)12)13-7-11(17(24)26-2)14(8-23)27-13/h8-13,29H,7H2,1-6H3;7-12H,6H2,1-5H3;6-11,27H,1-5H3,(H,28,29);3-8H,1-2H3. The van der Waals surface area contributed by atoms with Crippen LogP contribution in [-0.4, -0.2) is 137 Å². The van der Waals surface area contributed by atoms with Crippen LogP contribution in [0.3, 0.4) is 0 Å². The van der Waals surface area contributed by atoms with Crippen LogP contribution in [-0.2, 0) is 71.9 Å². The number of halogens is 12. The molecule has 0 radical (unpaired) electrons. The molecule has 8 aromatic heterocycles. The summed E-state index contributed by atoms with van der Waals surface area (Å²) in [4.78, 5) is 74.8. The van der Waals surface area contributed by atoms with Gasteiger partial charge in [-0.1, -0.05) is 0 Å². The predicted molar refractivity (Wildman–Crippen MR) is 454 cm³/mol. The number of carbonyl (C=O) groups excluding carboxylic acids is 4. The highest BCUT2D eigenvalue weighted by Gasteiger charge is 2.39. The van der Waals surface area contributed by atoms with Gasteiger partial charge >= 0.3 is 48.6 Å². The minimum atomic E-state index is -4.65. The first-order valence-electron chi connectivity index (χ1n) is 38.4. The third kappa shape index (κ3) is 23.4. The van der Waals surface area contributed by atoms with Gasteiger partial charge < -0.3 is 55.9 Å². The number of ether oxygens (including phenoxy) is 7. The summed E-state index contributed by atoms with van der Waals surface area (Å²) < 4.78 is 262. The Labute approximate surface area is 735 Å². The summed E-state index contributed by atoms with van der Waals surface area (Å²) in [5.74, 6) is -2.20. The zero-order chi connectivity index (χ0) is 95.9. The largest absolute Gasteiger partial charge is 0.494 e. The first-order valence-corrected chi connectivity index (χ1v) is 41.8. The highest BCUT2D eigenvalue weighted by molar-refractivity contribution is 7.85. The summed E-state index contributed by atoms with van der Waals surface area (Å²) in [6, 6.07) is 24.6. The molecular weight excluding hydrogens is 1790 g/mol. The first-order chi connectivity index (χ1) is 60.2. The van der Waals surface area contributed by atoms with Crippen molar-refractivity contribution in [3.63, 3.8) is 0 Å². The summed E-state index contributed by atoms with van der Waals surface area (Å²) in [5.41, 5.74) is -3.02. The lowest BCUT2D eigenvalue weighted by Gasteiger charge is -2.21. The second-order valence-electron chi connectivity index (χ2n) is 30.6. The first kappa shape index (κ1) is 100. The van der Waals surface area contributed by atoms with Gasteiger partial charge in [-0.05, 0) is 211 Å². The van der Waals surface area contributed by atoms with E-state index in [0.717, 1.165) is 31.4 Å². The number of fused-ring (bicyclic) bond motifs is 4. The number of furan rings is 4. The number of pyridine rings is 4. The molecule has 0 fully saturated rings. The number of aldehydes is 1. The number of nitrogens with zero attached hydrogens (tertiary/aromatic N) is 5. The maximum atomic E-state index is 13.3. The number of carboxylic acid groups (broad SMARTS) is 1. The third-order valence-corrected chi connectivity index (χ3v) is 23.1. The van der Waals surface area contributed by atoms with E-state index in [-0.39, 0.29) is 127 Å². The molecule has 27 nitrogen and oxygen atoms in total. The number of benzene rings is 4. The van der Waals surface area contributed by atoms with Gasteiger partial charge in [0.1, 0.15) is 136 Å². The fourth-order valence-electron chi connectivity index (χ4n) is 12.1. The lowest BCUT2D eigenvalue weighted by atomic mass is 10.0. The summed E-state index contributed by atoms with van der Waals surface area (Å²) in [7, 11) is 1.86. The molecule has 0 aliphatic heterocycles. The van der Waals surface area contributed by atoms with Crippen molar-refractivity contribution < 1.29 is 145 Å². The number of aromatic carboxylic acids is 1. The fourth-order valence-corrected chi connectivity index (χ4v) is 14.2. The molecular formula is C87H85F12N7O20S3. The maximum absolute atomic E-state index is 13.3. The Morgan fingerprint density at radius 1 is 0.419 bits per heavy atom. The number of aromatic nitrogens is 4. The van der Waals surface area contributed by atoms with Crippen LogP contribution in [0.2, 0.25) is 0 Å². The van der Waals surface area contributed by atoms with E-state index in [4.69, 9.17) is 46.1 Å². The van der Waals surface area contributed by atoms with Crippen LogP contribution in [0.25, 0.3) is 88.9 Å². The average Bonchev–Trinajstić information content (AvgIpc) is 1.68. The van der Waals surface area contributed by atoms with Gasteiger partial charge in [-0.15, -0.1) is 0 Å². The Bertz CT molecular complexity index is 6310. The molecule has 5 unspecified atom stereocenters. The molecule has 0 aliphatic carbocycles. The van der Waals surface area contributed by atoms with Crippen LogP contribution in [0, 0.1) is 0 Å². The van der Waals surface area contributed by atoms with Gasteiger partial charge in [0.2, 0.25) is 0 Å². The van der Waals surface area contributed by atoms with Crippen LogP contribution in [0.4, 0.5) is 52.7 Å². The molecule has 0 amide bonds. The van der Waals surface area contributed by atoms with Crippen molar-refractivity contribution in [2.75, 3.05) is 48.8 Å². The van der Waals surface area contributed by atoms with Crippen molar-refractivity contribution in [3.05, 3.63) is 189 Å². The molecule has 8 heterocycles. The Hall–Kier alpha value is -12.4. The zero-order valence-electron chi connectivity index (χ0n) is 72.0. The molecule has 4 aromatic carbocycles. The summed E-state index contributed by atoms with van der Waals surface area (Å²) in [6.07, 6.45) is -17.0. The number of alkyl halides is 12. The van der Waals surface area contributed by atoms with Gasteiger partial charge in [-0.3, -0.25) is 4.79 Å². The molecule has 0 saturated carbocycles. The van der Waals surface area contributed by atoms with Gasteiger partial charge in [0, 0.05) is 43.8 Å². The van der Waals surface area contributed by atoms with Gasteiger partial charge in [0.25, 0.3) is 0 Å². The number of esters is 3. The van der Waals surface area contributed by atoms with Crippen molar-refractivity contribution in [1.82, 2.24) is 29.4 Å². The lowest BCUT2D eigenvalue weighted by molar-refractivity contribution is -0.141. The van der Waals surface area contributed by atoms with Crippen molar-refractivity contribution in [2.24, 2.45) is 4.40 Å². The smallest absolute Gasteiger partial charge is 0.433 e. The monoisotopic (exact) mass is 1870 g/mol. The number of nitrogens with one attached hydrogen (secondary N) is 2. The fraction of sp³-hybridized carbons (Fsp3) is 0.333. The van der Waals surface area contributed by atoms with Crippen LogP contribution < -0.4 is 28.4 Å². The van der Waals surface area contributed by atoms with E-state index < -0.39 is 131 Å². The Morgan fingerprint density at radius 3 is 0.984 bits per heavy atom. The molecule has 690 valence electrons. The number of rotatable bonds is 23. The molecule has 12 aromatic rings. The van der Waals surface area contributed by atoms with Crippen LogP contribution in [0.5, 0.6) is 23.0 Å². The van der Waals surface area contributed by atoms with Gasteiger partial charge in [-0.2, -0.15) is 57.1 Å². The number of hydrogen-bond donors (Lipinski definition) is 3. The molecule has 0 saturated heterocycles. The number of carbonyl (C=O) groups is 5. The predicted octanol–water partition coefficient (Wildman–Crippen LogP) is 20.8. The van der Waals surface area contributed by atoms with Crippen LogP contribution in [0.1, 0.15) is 194 Å². The van der Waals surface area contributed by atoms with Crippen molar-refractivity contribution in [3.8, 4) is 68.3 Å². The second-order valence-corrected chi connectivity index (χ2v) is 36.5. The van der Waals surface area contributed by atoms with Crippen LogP contribution >= 0.6 is 0 Å². The quantitative estimate of drug-likeness (QED) is 0.0176. The van der Waals surface area contributed by atoms with E-state index in [1.165, 1.54) is 114 Å². The number of hydrogen-bond acceptors (Lipinski definition) is 23. The summed E-state index contributed by atoms with van der Waals surface area (Å²) >= 11 is 0. The van der Waals surface area contributed by atoms with E-state index in [1.807, 2.05) is 0 Å². The highest BCUT2D eigenvalue weighted by atomic mass is 32.2. The molecule has 42 heteroatoms. The molecule has 0 bridgehead atoms. The lowest BCUT2D eigenvalue weighted by Crippen LogP contribution is -2.35. The Morgan fingerprint density at radius 2 is 0.705 bits per heavy atom. The van der Waals surface area contributed by atoms with E-state index >= 15 is 0 Å².